The molecular formula is C24H17N3O6S3. The standard InChI is InChI=1S/C24H17N3O6S3/c1-33-20-11-10-14(12-19(20)27(29)30)36(31,32)26-18-13-22(23(28)16-7-3-2-6-15(16)18)35-24-25-17-8-4-5-9-21(17)34-24/h2-13,26,28H,1H3. The Hall–Kier alpha value is -3.87. The van der Waals surface area contributed by atoms with Crippen molar-refractivity contribution in [2.75, 3.05) is 11.8 Å². The van der Waals surface area contributed by atoms with Gasteiger partial charge in [-0.25, -0.2) is 13.4 Å². The van der Waals surface area contributed by atoms with Gasteiger partial charge in [0, 0.05) is 16.8 Å². The van der Waals surface area contributed by atoms with E-state index in [4.69, 9.17) is 4.74 Å². The molecule has 0 radical (unpaired) electrons. The van der Waals surface area contributed by atoms with Crippen LogP contribution in [-0.4, -0.2) is 30.5 Å². The van der Waals surface area contributed by atoms with Crippen molar-refractivity contribution >= 4 is 65.5 Å². The summed E-state index contributed by atoms with van der Waals surface area (Å²) in [5.74, 6) is -0.0542. The van der Waals surface area contributed by atoms with Gasteiger partial charge >= 0.3 is 5.69 Å². The molecule has 36 heavy (non-hydrogen) atoms. The van der Waals surface area contributed by atoms with Gasteiger partial charge in [0.05, 0.1) is 37.7 Å². The number of fused-ring (bicyclic) bond motifs is 2. The van der Waals surface area contributed by atoms with Crippen LogP contribution in [0.15, 0.2) is 86.9 Å². The Morgan fingerprint density at radius 3 is 2.50 bits per heavy atom. The number of rotatable bonds is 7. The van der Waals surface area contributed by atoms with Gasteiger partial charge in [-0.3, -0.25) is 14.8 Å². The molecule has 0 aliphatic heterocycles. The summed E-state index contributed by atoms with van der Waals surface area (Å²) in [6.07, 6.45) is 0. The first-order valence-corrected chi connectivity index (χ1v) is 13.5. The molecule has 182 valence electrons. The van der Waals surface area contributed by atoms with Gasteiger partial charge in [-0.2, -0.15) is 0 Å². The van der Waals surface area contributed by atoms with Crippen molar-refractivity contribution in [2.24, 2.45) is 0 Å². The number of ether oxygens (including phenoxy) is 1. The zero-order valence-corrected chi connectivity index (χ0v) is 21.0. The number of aromatic hydroxyl groups is 1. The van der Waals surface area contributed by atoms with Gasteiger partial charge in [-0.15, -0.1) is 11.3 Å². The Labute approximate surface area is 213 Å². The summed E-state index contributed by atoms with van der Waals surface area (Å²) < 4.78 is 35.6. The number of nitrogens with zero attached hydrogens (tertiary/aromatic N) is 2. The average molecular weight is 540 g/mol. The number of phenolic OH excluding ortho intramolecular Hbond substituents is 1. The van der Waals surface area contributed by atoms with Crippen molar-refractivity contribution in [3.05, 3.63) is 82.9 Å². The van der Waals surface area contributed by atoms with E-state index in [1.54, 1.807) is 24.3 Å². The Bertz CT molecular complexity index is 1720. The Morgan fingerprint density at radius 2 is 1.78 bits per heavy atom. The Balaban J connectivity index is 1.58. The summed E-state index contributed by atoms with van der Waals surface area (Å²) >= 11 is 2.68. The fraction of sp³-hybridized carbons (Fsp3) is 0.0417. The molecule has 9 nitrogen and oxygen atoms in total. The largest absolute Gasteiger partial charge is 0.506 e. The van der Waals surface area contributed by atoms with E-state index < -0.39 is 20.6 Å². The Morgan fingerprint density at radius 1 is 1.06 bits per heavy atom. The number of thiazole rings is 1. The predicted octanol–water partition coefficient (Wildman–Crippen LogP) is 6.02. The number of benzene rings is 4. The number of para-hydroxylation sites is 1. The lowest BCUT2D eigenvalue weighted by Gasteiger charge is -2.14. The minimum Gasteiger partial charge on any atom is -0.506 e. The number of aromatic nitrogens is 1. The van der Waals surface area contributed by atoms with Crippen LogP contribution in [0.5, 0.6) is 11.5 Å². The molecule has 0 fully saturated rings. The van der Waals surface area contributed by atoms with Gasteiger partial charge in [-0.1, -0.05) is 48.2 Å². The van der Waals surface area contributed by atoms with Crippen LogP contribution in [-0.2, 0) is 10.0 Å². The third-order valence-corrected chi connectivity index (χ3v) is 8.85. The van der Waals surface area contributed by atoms with Gasteiger partial charge in [0.1, 0.15) is 5.75 Å². The molecule has 0 atom stereocenters. The third-order valence-electron chi connectivity index (χ3n) is 5.35. The fourth-order valence-electron chi connectivity index (χ4n) is 3.67. The van der Waals surface area contributed by atoms with E-state index in [0.29, 0.717) is 20.0 Å². The van der Waals surface area contributed by atoms with E-state index in [1.807, 2.05) is 24.3 Å². The second kappa shape index (κ2) is 9.30. The van der Waals surface area contributed by atoms with Gasteiger partial charge < -0.3 is 9.84 Å². The number of sulfonamides is 1. The summed E-state index contributed by atoms with van der Waals surface area (Å²) in [7, 11) is -2.96. The van der Waals surface area contributed by atoms with Crippen LogP contribution in [0.1, 0.15) is 0 Å². The average Bonchev–Trinajstić information content (AvgIpc) is 3.28. The van der Waals surface area contributed by atoms with E-state index in [1.165, 1.54) is 48.4 Å². The number of nitro groups is 1. The first-order chi connectivity index (χ1) is 17.3. The summed E-state index contributed by atoms with van der Waals surface area (Å²) in [4.78, 5) is 15.4. The maximum absolute atomic E-state index is 13.2. The zero-order valence-electron chi connectivity index (χ0n) is 18.5. The van der Waals surface area contributed by atoms with Crippen molar-refractivity contribution in [1.82, 2.24) is 4.98 Å². The third kappa shape index (κ3) is 4.41. The van der Waals surface area contributed by atoms with Crippen molar-refractivity contribution in [2.45, 2.75) is 14.1 Å². The maximum Gasteiger partial charge on any atom is 0.312 e. The van der Waals surface area contributed by atoms with E-state index in [0.717, 1.165) is 16.3 Å². The molecule has 0 saturated heterocycles. The van der Waals surface area contributed by atoms with E-state index in [2.05, 4.69) is 9.71 Å². The minimum absolute atomic E-state index is 0.00195. The van der Waals surface area contributed by atoms with Crippen LogP contribution >= 0.6 is 23.1 Å². The maximum atomic E-state index is 13.2. The molecule has 4 aromatic carbocycles. The molecule has 12 heteroatoms. The molecule has 2 N–H and O–H groups in total. The first-order valence-electron chi connectivity index (χ1n) is 10.4. The SMILES string of the molecule is COc1ccc(S(=O)(=O)Nc2cc(Sc3nc4ccccc4s3)c(O)c3ccccc23)cc1[N+](=O)[O-]. The number of hydrogen-bond acceptors (Lipinski definition) is 9. The highest BCUT2D eigenvalue weighted by atomic mass is 32.2. The first kappa shape index (κ1) is 23.9. The highest BCUT2D eigenvalue weighted by molar-refractivity contribution is 8.01. The highest BCUT2D eigenvalue weighted by Crippen LogP contribution is 2.44. The van der Waals surface area contributed by atoms with Crippen LogP contribution in [0.4, 0.5) is 11.4 Å². The van der Waals surface area contributed by atoms with E-state index in [9.17, 15) is 23.6 Å². The molecule has 1 heterocycles. The van der Waals surface area contributed by atoms with Crippen LogP contribution in [0.3, 0.4) is 0 Å². The molecule has 5 aromatic rings. The molecule has 0 saturated carbocycles. The number of anilines is 1. The topological polar surface area (TPSA) is 132 Å². The van der Waals surface area contributed by atoms with Crippen LogP contribution in [0, 0.1) is 10.1 Å². The van der Waals surface area contributed by atoms with Gasteiger partial charge in [0.15, 0.2) is 10.1 Å². The number of hydrogen-bond donors (Lipinski definition) is 2. The van der Waals surface area contributed by atoms with Gasteiger partial charge in [-0.05, 0) is 30.3 Å². The monoisotopic (exact) mass is 539 g/mol. The number of methoxy groups -OCH3 is 1. The summed E-state index contributed by atoms with van der Waals surface area (Å²) in [6.45, 7) is 0. The molecule has 5 rings (SSSR count). The molecule has 0 amide bonds. The van der Waals surface area contributed by atoms with Gasteiger partial charge in [0.2, 0.25) is 0 Å². The summed E-state index contributed by atoms with van der Waals surface area (Å²) in [5, 5.41) is 23.3. The molecule has 0 spiro atoms. The van der Waals surface area contributed by atoms with Crippen molar-refractivity contribution in [1.29, 1.82) is 0 Å². The quantitative estimate of drug-likeness (QED) is 0.146. The second-order valence-electron chi connectivity index (χ2n) is 7.56. The predicted molar refractivity (Wildman–Crippen MR) is 140 cm³/mol. The summed E-state index contributed by atoms with van der Waals surface area (Å²) in [6, 6.07) is 19.4. The smallest absolute Gasteiger partial charge is 0.312 e. The van der Waals surface area contributed by atoms with E-state index in [-0.39, 0.29) is 22.1 Å². The van der Waals surface area contributed by atoms with E-state index >= 15 is 0 Å². The molecular weight excluding hydrogens is 522 g/mol. The number of nitro benzene ring substituents is 1. The number of phenols is 1. The van der Waals surface area contributed by atoms with Crippen molar-refractivity contribution < 1.29 is 23.2 Å². The minimum atomic E-state index is -4.22. The van der Waals surface area contributed by atoms with Crippen molar-refractivity contribution in [3.63, 3.8) is 0 Å². The number of nitrogens with one attached hydrogen (secondary N) is 1. The fourth-order valence-corrected chi connectivity index (χ4v) is 6.88. The molecule has 0 aliphatic rings. The highest BCUT2D eigenvalue weighted by Gasteiger charge is 2.24. The van der Waals surface area contributed by atoms with Crippen molar-refractivity contribution in [3.8, 4) is 11.5 Å². The lowest BCUT2D eigenvalue weighted by molar-refractivity contribution is -0.386. The van der Waals surface area contributed by atoms with Gasteiger partial charge in [0.25, 0.3) is 10.0 Å². The van der Waals surface area contributed by atoms with Crippen LogP contribution in [0.25, 0.3) is 21.0 Å². The second-order valence-corrected chi connectivity index (χ2v) is 11.6. The lowest BCUT2D eigenvalue weighted by atomic mass is 10.1. The molecule has 0 aliphatic carbocycles. The van der Waals surface area contributed by atoms with Crippen LogP contribution < -0.4 is 9.46 Å². The molecule has 0 unspecified atom stereocenters. The normalized spacial score (nSPS) is 11.6. The molecule has 0 bridgehead atoms. The van der Waals surface area contributed by atoms with Crippen LogP contribution in [0.2, 0.25) is 0 Å². The lowest BCUT2D eigenvalue weighted by Crippen LogP contribution is -2.14. The molecule has 1 aromatic heterocycles. The Kier molecular flexibility index (Phi) is 6.16. The zero-order chi connectivity index (χ0) is 25.4. The summed E-state index contributed by atoms with van der Waals surface area (Å²) in [5.41, 5.74) is 0.570.